The van der Waals surface area contributed by atoms with Crippen LogP contribution in [0.5, 0.6) is 0 Å². The highest BCUT2D eigenvalue weighted by Crippen LogP contribution is 2.31. The van der Waals surface area contributed by atoms with E-state index in [1.165, 1.54) is 12.8 Å². The molecule has 0 bridgehead atoms. The Bertz CT molecular complexity index is 567. The van der Waals surface area contributed by atoms with Gasteiger partial charge in [-0.3, -0.25) is 0 Å². The maximum atomic E-state index is 12.8. The lowest BCUT2D eigenvalue weighted by molar-refractivity contribution is 0.335. The zero-order valence-corrected chi connectivity index (χ0v) is 15.5. The predicted molar refractivity (Wildman–Crippen MR) is 88.3 cm³/mol. The Kier molecular flexibility index (Phi) is 5.68. The molecule has 0 aromatic heterocycles. The van der Waals surface area contributed by atoms with E-state index in [4.69, 9.17) is 0 Å². The van der Waals surface area contributed by atoms with Crippen LogP contribution in [0.15, 0.2) is 32.0 Å². The number of nitrogens with zero attached hydrogens (tertiary/aromatic N) is 1. The van der Waals surface area contributed by atoms with E-state index < -0.39 is 10.0 Å². The van der Waals surface area contributed by atoms with E-state index in [1.807, 2.05) is 6.07 Å². The number of benzene rings is 1. The molecule has 0 atom stereocenters. The second-order valence-corrected chi connectivity index (χ2v) is 8.98. The van der Waals surface area contributed by atoms with Crippen LogP contribution in [0.4, 0.5) is 0 Å². The second-order valence-electron chi connectivity index (χ2n) is 5.24. The summed E-state index contributed by atoms with van der Waals surface area (Å²) in [5, 5.41) is 0. The third kappa shape index (κ3) is 3.64. The van der Waals surface area contributed by atoms with Gasteiger partial charge in [0.15, 0.2) is 0 Å². The van der Waals surface area contributed by atoms with Crippen molar-refractivity contribution in [2.45, 2.75) is 49.5 Å². The van der Waals surface area contributed by atoms with E-state index in [-0.39, 0.29) is 6.04 Å². The molecule has 1 aromatic rings. The zero-order valence-electron chi connectivity index (χ0n) is 11.5. The molecule has 1 fully saturated rings. The summed E-state index contributed by atoms with van der Waals surface area (Å²) in [4.78, 5) is 0.332. The van der Waals surface area contributed by atoms with Gasteiger partial charge in [0.25, 0.3) is 0 Å². The summed E-state index contributed by atoms with van der Waals surface area (Å²) in [6.45, 7) is 0. The third-order valence-electron chi connectivity index (χ3n) is 3.89. The van der Waals surface area contributed by atoms with Gasteiger partial charge in [0.05, 0.1) is 4.90 Å². The monoisotopic (exact) mass is 423 g/mol. The number of rotatable bonds is 3. The molecule has 0 spiro atoms. The van der Waals surface area contributed by atoms with E-state index in [9.17, 15) is 8.42 Å². The summed E-state index contributed by atoms with van der Waals surface area (Å²) < 4.78 is 28.5. The van der Waals surface area contributed by atoms with E-state index >= 15 is 0 Å². The van der Waals surface area contributed by atoms with Crippen LogP contribution < -0.4 is 0 Å². The molecule has 0 radical (unpaired) electrons. The predicted octanol–water partition coefficient (Wildman–Crippen LogP) is 4.55. The van der Waals surface area contributed by atoms with Crippen LogP contribution in [0.25, 0.3) is 0 Å². The van der Waals surface area contributed by atoms with Gasteiger partial charge in [0.2, 0.25) is 10.0 Å². The highest BCUT2D eigenvalue weighted by Gasteiger charge is 2.29. The van der Waals surface area contributed by atoms with Crippen molar-refractivity contribution in [3.63, 3.8) is 0 Å². The summed E-state index contributed by atoms with van der Waals surface area (Å²) in [5.74, 6) is 0. The Morgan fingerprint density at radius 2 is 1.70 bits per heavy atom. The molecule has 0 N–H and O–H groups in total. The van der Waals surface area contributed by atoms with Crippen LogP contribution in [-0.2, 0) is 10.0 Å². The van der Waals surface area contributed by atoms with Crippen LogP contribution >= 0.6 is 31.9 Å². The minimum absolute atomic E-state index is 0.119. The fourth-order valence-corrected chi connectivity index (χ4v) is 5.52. The fraction of sp³-hybridized carbons (Fsp3) is 0.571. The molecule has 0 aliphatic heterocycles. The van der Waals surface area contributed by atoms with Crippen molar-refractivity contribution >= 4 is 41.9 Å². The van der Waals surface area contributed by atoms with Gasteiger partial charge in [-0.1, -0.05) is 41.6 Å². The van der Waals surface area contributed by atoms with Crippen molar-refractivity contribution in [1.82, 2.24) is 4.31 Å². The molecule has 0 unspecified atom stereocenters. The van der Waals surface area contributed by atoms with Gasteiger partial charge in [-0.15, -0.1) is 0 Å². The third-order valence-corrected chi connectivity index (χ3v) is 7.29. The zero-order chi connectivity index (χ0) is 14.8. The molecular formula is C14H19Br2NO2S. The topological polar surface area (TPSA) is 37.4 Å². The molecule has 2 rings (SSSR count). The Hall–Kier alpha value is 0.0900. The van der Waals surface area contributed by atoms with Crippen molar-refractivity contribution in [2.24, 2.45) is 0 Å². The minimum Gasteiger partial charge on any atom is -0.207 e. The van der Waals surface area contributed by atoms with Crippen molar-refractivity contribution < 1.29 is 8.42 Å². The highest BCUT2D eigenvalue weighted by atomic mass is 79.9. The van der Waals surface area contributed by atoms with Crippen LogP contribution in [0.3, 0.4) is 0 Å². The average Bonchev–Trinajstić information content (AvgIpc) is 2.69. The van der Waals surface area contributed by atoms with Crippen LogP contribution in [0.1, 0.15) is 38.5 Å². The first-order chi connectivity index (χ1) is 9.43. The Morgan fingerprint density at radius 3 is 2.30 bits per heavy atom. The fourth-order valence-electron chi connectivity index (χ4n) is 2.65. The first-order valence-corrected chi connectivity index (χ1v) is 9.88. The summed E-state index contributed by atoms with van der Waals surface area (Å²) >= 11 is 6.69. The number of sulfonamides is 1. The lowest BCUT2D eigenvalue weighted by Crippen LogP contribution is -2.36. The van der Waals surface area contributed by atoms with Gasteiger partial charge >= 0.3 is 0 Å². The van der Waals surface area contributed by atoms with Gasteiger partial charge in [0, 0.05) is 22.0 Å². The van der Waals surface area contributed by atoms with Gasteiger partial charge in [-0.25, -0.2) is 8.42 Å². The van der Waals surface area contributed by atoms with Gasteiger partial charge in [0.1, 0.15) is 0 Å². The van der Waals surface area contributed by atoms with Crippen LogP contribution in [0.2, 0.25) is 0 Å². The average molecular weight is 425 g/mol. The summed E-state index contributed by atoms with van der Waals surface area (Å²) in [7, 11) is -1.74. The number of hydrogen-bond donors (Lipinski definition) is 0. The molecule has 1 saturated carbocycles. The van der Waals surface area contributed by atoms with Crippen LogP contribution in [-0.4, -0.2) is 25.8 Å². The first kappa shape index (κ1) is 16.5. The number of halogens is 2. The van der Waals surface area contributed by atoms with Crippen molar-refractivity contribution in [3.8, 4) is 0 Å². The maximum Gasteiger partial charge on any atom is 0.244 e. The molecule has 20 heavy (non-hydrogen) atoms. The summed E-state index contributed by atoms with van der Waals surface area (Å²) in [6, 6.07) is 5.37. The Balaban J connectivity index is 2.31. The van der Waals surface area contributed by atoms with Crippen molar-refractivity contribution in [1.29, 1.82) is 0 Å². The smallest absolute Gasteiger partial charge is 0.207 e. The molecule has 112 valence electrons. The molecule has 0 amide bonds. The molecule has 0 heterocycles. The Morgan fingerprint density at radius 1 is 1.10 bits per heavy atom. The molecule has 6 heteroatoms. The summed E-state index contributed by atoms with van der Waals surface area (Å²) in [5.41, 5.74) is 0. The van der Waals surface area contributed by atoms with E-state index in [0.717, 1.165) is 30.2 Å². The van der Waals surface area contributed by atoms with Gasteiger partial charge in [-0.05, 0) is 47.0 Å². The van der Waals surface area contributed by atoms with E-state index in [2.05, 4.69) is 31.9 Å². The van der Waals surface area contributed by atoms with Crippen molar-refractivity contribution in [3.05, 3.63) is 27.1 Å². The van der Waals surface area contributed by atoms with Gasteiger partial charge in [-0.2, -0.15) is 4.31 Å². The standard InChI is InChI=1S/C14H19Br2NO2S/c1-17(12-6-4-2-3-5-7-12)20(18,19)14-10-11(15)8-9-13(14)16/h8-10,12H,2-7H2,1H3. The highest BCUT2D eigenvalue weighted by molar-refractivity contribution is 9.11. The minimum atomic E-state index is -3.45. The molecule has 0 saturated heterocycles. The second kappa shape index (κ2) is 6.90. The first-order valence-electron chi connectivity index (χ1n) is 6.86. The van der Waals surface area contributed by atoms with E-state index in [0.29, 0.717) is 9.37 Å². The van der Waals surface area contributed by atoms with Gasteiger partial charge < -0.3 is 0 Å². The van der Waals surface area contributed by atoms with E-state index in [1.54, 1.807) is 23.5 Å². The molecule has 1 aliphatic carbocycles. The van der Waals surface area contributed by atoms with Crippen molar-refractivity contribution in [2.75, 3.05) is 7.05 Å². The SMILES string of the molecule is CN(C1CCCCCC1)S(=O)(=O)c1cc(Br)ccc1Br. The normalized spacial score (nSPS) is 18.2. The Labute approximate surface area is 138 Å². The van der Waals surface area contributed by atoms with Crippen LogP contribution in [0, 0.1) is 0 Å². The summed E-state index contributed by atoms with van der Waals surface area (Å²) in [6.07, 6.45) is 6.58. The lowest BCUT2D eigenvalue weighted by Gasteiger charge is -2.27. The number of hydrogen-bond acceptors (Lipinski definition) is 2. The molecule has 1 aliphatic rings. The molecular weight excluding hydrogens is 406 g/mol. The molecule has 3 nitrogen and oxygen atoms in total. The lowest BCUT2D eigenvalue weighted by atomic mass is 10.1. The molecule has 1 aromatic carbocycles. The maximum absolute atomic E-state index is 12.8. The quantitative estimate of drug-likeness (QED) is 0.667. The largest absolute Gasteiger partial charge is 0.244 e.